The highest BCUT2D eigenvalue weighted by atomic mass is 16.5. The van der Waals surface area contributed by atoms with Gasteiger partial charge in [-0.05, 0) is 51.2 Å². The normalized spacial score (nSPS) is 21.3. The number of rotatable bonds is 8. The molecule has 182 valence electrons. The Bertz CT molecular complexity index is 1030. The number of nitrogens with zero attached hydrogens (tertiary/aromatic N) is 4. The summed E-state index contributed by atoms with van der Waals surface area (Å²) in [6.45, 7) is 7.12. The summed E-state index contributed by atoms with van der Waals surface area (Å²) in [5.41, 5.74) is 1.54. The summed E-state index contributed by atoms with van der Waals surface area (Å²) < 4.78 is 5.18. The molecule has 4 heterocycles. The second-order valence-corrected chi connectivity index (χ2v) is 9.31. The maximum atomic E-state index is 13.6. The van der Waals surface area contributed by atoms with E-state index in [0.29, 0.717) is 51.1 Å². The number of hydrogen-bond acceptors (Lipinski definition) is 6. The third-order valence-corrected chi connectivity index (χ3v) is 7.22. The van der Waals surface area contributed by atoms with Crippen LogP contribution in [0.1, 0.15) is 55.3 Å². The van der Waals surface area contributed by atoms with E-state index < -0.39 is 5.54 Å². The van der Waals surface area contributed by atoms with Crippen LogP contribution >= 0.6 is 0 Å². The fourth-order valence-corrected chi connectivity index (χ4v) is 5.30. The lowest BCUT2D eigenvalue weighted by molar-refractivity contribution is -0.136. The zero-order chi connectivity index (χ0) is 24.3. The molecule has 2 saturated heterocycles. The number of aryl methyl sites for hydroxylation is 2. The van der Waals surface area contributed by atoms with Gasteiger partial charge in [-0.1, -0.05) is 24.6 Å². The van der Waals surface area contributed by atoms with Crippen LogP contribution in [0.2, 0.25) is 0 Å². The Hall–Kier alpha value is -3.23. The summed E-state index contributed by atoms with van der Waals surface area (Å²) in [6, 6.07) is 5.31. The Morgan fingerprint density at radius 2 is 2.00 bits per heavy atom. The van der Waals surface area contributed by atoms with Crippen LogP contribution in [0.25, 0.3) is 0 Å². The summed E-state index contributed by atoms with van der Waals surface area (Å²) in [5.74, 6) is 0.562. The minimum absolute atomic E-state index is 0.00753. The van der Waals surface area contributed by atoms with Crippen LogP contribution in [-0.4, -0.2) is 63.0 Å². The standard InChI is InChI=1S/C25H33N5O4/c1-4-11-25(23(32)30(24(33)27-25)15-10-20-7-5-6-12-26-20)19-8-13-29(14-9-19)22(31)16-21-17(2)28-34-18(21)3/h5-7,12,19H,4,8-11,13-16H2,1-3H3,(H,27,33). The molecule has 1 unspecified atom stereocenters. The Morgan fingerprint density at radius 1 is 1.24 bits per heavy atom. The van der Waals surface area contributed by atoms with Gasteiger partial charge in [0.2, 0.25) is 5.91 Å². The van der Waals surface area contributed by atoms with Gasteiger partial charge in [0.1, 0.15) is 11.3 Å². The Morgan fingerprint density at radius 3 is 2.62 bits per heavy atom. The lowest BCUT2D eigenvalue weighted by atomic mass is 9.74. The van der Waals surface area contributed by atoms with Gasteiger partial charge in [0.25, 0.3) is 5.91 Å². The monoisotopic (exact) mass is 467 g/mol. The third kappa shape index (κ3) is 4.56. The van der Waals surface area contributed by atoms with Crippen molar-refractivity contribution >= 4 is 17.8 Å². The molecule has 0 spiro atoms. The molecule has 0 aliphatic carbocycles. The minimum atomic E-state index is -0.896. The van der Waals surface area contributed by atoms with Gasteiger partial charge in [0.05, 0.1) is 12.1 Å². The summed E-state index contributed by atoms with van der Waals surface area (Å²) in [6.07, 6.45) is 5.23. The van der Waals surface area contributed by atoms with E-state index >= 15 is 0 Å². The average Bonchev–Trinajstić information content (AvgIpc) is 3.28. The van der Waals surface area contributed by atoms with Gasteiger partial charge < -0.3 is 14.7 Å². The predicted molar refractivity (Wildman–Crippen MR) is 125 cm³/mol. The first-order valence-corrected chi connectivity index (χ1v) is 12.1. The molecule has 2 fully saturated rings. The van der Waals surface area contributed by atoms with Crippen molar-refractivity contribution in [3.8, 4) is 0 Å². The van der Waals surface area contributed by atoms with Crippen LogP contribution in [0, 0.1) is 19.8 Å². The van der Waals surface area contributed by atoms with Crippen molar-refractivity contribution in [3.63, 3.8) is 0 Å². The van der Waals surface area contributed by atoms with E-state index in [4.69, 9.17) is 4.52 Å². The van der Waals surface area contributed by atoms with Crippen LogP contribution in [-0.2, 0) is 22.4 Å². The van der Waals surface area contributed by atoms with Gasteiger partial charge in [-0.25, -0.2) is 4.79 Å². The number of urea groups is 1. The number of pyridine rings is 1. The van der Waals surface area contributed by atoms with Crippen molar-refractivity contribution in [2.24, 2.45) is 5.92 Å². The number of likely N-dealkylation sites (tertiary alicyclic amines) is 1. The molecule has 9 heteroatoms. The fourth-order valence-electron chi connectivity index (χ4n) is 5.30. The van der Waals surface area contributed by atoms with Crippen LogP contribution in [0.4, 0.5) is 4.79 Å². The second-order valence-electron chi connectivity index (χ2n) is 9.31. The maximum Gasteiger partial charge on any atom is 0.325 e. The number of carbonyl (C=O) groups is 3. The number of aromatic nitrogens is 2. The van der Waals surface area contributed by atoms with Crippen LogP contribution < -0.4 is 5.32 Å². The van der Waals surface area contributed by atoms with E-state index in [9.17, 15) is 14.4 Å². The maximum absolute atomic E-state index is 13.6. The quantitative estimate of drug-likeness (QED) is 0.598. The molecule has 9 nitrogen and oxygen atoms in total. The molecule has 4 amide bonds. The van der Waals surface area contributed by atoms with Crippen molar-refractivity contribution in [2.45, 2.75) is 64.8 Å². The van der Waals surface area contributed by atoms with Crippen LogP contribution in [0.15, 0.2) is 28.9 Å². The molecular formula is C25H33N5O4. The molecule has 2 aromatic heterocycles. The second kappa shape index (κ2) is 9.95. The lowest BCUT2D eigenvalue weighted by Crippen LogP contribution is -2.56. The van der Waals surface area contributed by atoms with E-state index in [1.54, 1.807) is 6.20 Å². The highest BCUT2D eigenvalue weighted by Gasteiger charge is 2.55. The van der Waals surface area contributed by atoms with Gasteiger partial charge >= 0.3 is 6.03 Å². The van der Waals surface area contributed by atoms with Crippen molar-refractivity contribution < 1.29 is 18.9 Å². The smallest absolute Gasteiger partial charge is 0.325 e. The largest absolute Gasteiger partial charge is 0.361 e. The average molecular weight is 468 g/mol. The first-order valence-electron chi connectivity index (χ1n) is 12.1. The topological polar surface area (TPSA) is 109 Å². The van der Waals surface area contributed by atoms with Crippen molar-refractivity contribution in [1.29, 1.82) is 0 Å². The van der Waals surface area contributed by atoms with Crippen LogP contribution in [0.5, 0.6) is 0 Å². The number of nitrogens with one attached hydrogen (secondary N) is 1. The Kier molecular flexibility index (Phi) is 7.00. The van der Waals surface area contributed by atoms with E-state index in [1.165, 1.54) is 4.90 Å². The molecule has 1 atom stereocenters. The Balaban J connectivity index is 1.41. The third-order valence-electron chi connectivity index (χ3n) is 7.22. The molecule has 34 heavy (non-hydrogen) atoms. The van der Waals surface area contributed by atoms with E-state index in [0.717, 1.165) is 23.4 Å². The number of piperidine rings is 1. The summed E-state index contributed by atoms with van der Waals surface area (Å²) >= 11 is 0. The molecular weight excluding hydrogens is 434 g/mol. The Labute approximate surface area is 199 Å². The van der Waals surface area contributed by atoms with Gasteiger partial charge in [0, 0.05) is 43.5 Å². The summed E-state index contributed by atoms with van der Waals surface area (Å²) in [7, 11) is 0. The molecule has 4 rings (SSSR count). The van der Waals surface area contributed by atoms with E-state index in [2.05, 4.69) is 15.5 Å². The van der Waals surface area contributed by atoms with Crippen molar-refractivity contribution in [1.82, 2.24) is 25.3 Å². The molecule has 0 saturated carbocycles. The first kappa shape index (κ1) is 23.9. The molecule has 0 radical (unpaired) electrons. The lowest BCUT2D eigenvalue weighted by Gasteiger charge is -2.41. The SMILES string of the molecule is CCCC1(C2CCN(C(=O)Cc3c(C)noc3C)CC2)NC(=O)N(CCc2ccccn2)C1=O. The zero-order valence-electron chi connectivity index (χ0n) is 20.2. The molecule has 2 aliphatic heterocycles. The highest BCUT2D eigenvalue weighted by Crippen LogP contribution is 2.37. The fraction of sp³-hybridized carbons (Fsp3) is 0.560. The number of hydrogen-bond donors (Lipinski definition) is 1. The van der Waals surface area contributed by atoms with Gasteiger partial charge in [-0.15, -0.1) is 0 Å². The summed E-state index contributed by atoms with van der Waals surface area (Å²) in [4.78, 5) is 46.8. The molecule has 2 aliphatic rings. The molecule has 1 N–H and O–H groups in total. The molecule has 0 aromatic carbocycles. The van der Waals surface area contributed by atoms with Crippen molar-refractivity contribution in [3.05, 3.63) is 47.1 Å². The van der Waals surface area contributed by atoms with Gasteiger partial charge in [-0.3, -0.25) is 19.5 Å². The van der Waals surface area contributed by atoms with Gasteiger partial charge in [0.15, 0.2) is 0 Å². The first-order chi connectivity index (χ1) is 16.4. The number of amides is 4. The van der Waals surface area contributed by atoms with Crippen molar-refractivity contribution in [2.75, 3.05) is 19.6 Å². The number of imide groups is 1. The summed E-state index contributed by atoms with van der Waals surface area (Å²) in [5, 5.41) is 7.00. The zero-order valence-corrected chi connectivity index (χ0v) is 20.2. The number of carbonyl (C=O) groups excluding carboxylic acids is 3. The predicted octanol–water partition coefficient (Wildman–Crippen LogP) is 2.80. The minimum Gasteiger partial charge on any atom is -0.361 e. The van der Waals surface area contributed by atoms with Gasteiger partial charge in [-0.2, -0.15) is 0 Å². The van der Waals surface area contributed by atoms with E-state index in [1.807, 2.05) is 43.9 Å². The molecule has 2 aromatic rings. The molecule has 0 bridgehead atoms. The van der Waals surface area contributed by atoms with Crippen LogP contribution in [0.3, 0.4) is 0 Å². The highest BCUT2D eigenvalue weighted by molar-refractivity contribution is 6.07. The van der Waals surface area contributed by atoms with E-state index in [-0.39, 0.29) is 30.2 Å².